The first-order chi connectivity index (χ1) is 7.04. The molecule has 1 aromatic rings. The highest BCUT2D eigenvalue weighted by Gasteiger charge is 2.30. The summed E-state index contributed by atoms with van der Waals surface area (Å²) in [4.78, 5) is 23.7. The number of hydrogen-bond acceptors (Lipinski definition) is 2. The molecule has 0 aliphatic heterocycles. The van der Waals surface area contributed by atoms with E-state index in [0.29, 0.717) is 20.1 Å². The molecule has 1 aromatic carbocycles. The van der Waals surface area contributed by atoms with Crippen molar-refractivity contribution in [1.29, 1.82) is 0 Å². The fourth-order valence-electron chi connectivity index (χ4n) is 1.37. The van der Waals surface area contributed by atoms with E-state index in [-0.39, 0.29) is 11.6 Å². The van der Waals surface area contributed by atoms with Gasteiger partial charge in [-0.25, -0.2) is 0 Å². The van der Waals surface area contributed by atoms with Crippen LogP contribution in [0.1, 0.15) is 20.7 Å². The van der Waals surface area contributed by atoms with Crippen molar-refractivity contribution in [1.82, 2.24) is 0 Å². The summed E-state index contributed by atoms with van der Waals surface area (Å²) in [5.41, 5.74) is 0.945. The molecule has 5 heteroatoms. The highest BCUT2D eigenvalue weighted by atomic mass is 127. The lowest BCUT2D eigenvalue weighted by molar-refractivity contribution is 0.0989. The van der Waals surface area contributed by atoms with E-state index >= 15 is 0 Å². The van der Waals surface area contributed by atoms with E-state index in [2.05, 4.69) is 54.5 Å². The lowest BCUT2D eigenvalue weighted by Gasteiger charge is -2.15. The van der Waals surface area contributed by atoms with Gasteiger partial charge in [0.25, 0.3) is 0 Å². The van der Waals surface area contributed by atoms with Gasteiger partial charge in [0.15, 0.2) is 0 Å². The van der Waals surface area contributed by atoms with Crippen LogP contribution in [0.5, 0.6) is 0 Å². The Morgan fingerprint density at radius 2 is 1.60 bits per heavy atom. The molecule has 0 atom stereocenters. The molecule has 0 heterocycles. The summed E-state index contributed by atoms with van der Waals surface area (Å²) in [6.07, 6.45) is 0. The molecule has 15 heavy (non-hydrogen) atoms. The monoisotopic (exact) mass is 440 g/mol. The number of allylic oxidation sites excluding steroid dienone is 2. The summed E-state index contributed by atoms with van der Waals surface area (Å²) in [7, 11) is 0. The number of carbonyl (C=O) groups is 2. The normalized spacial score (nSPS) is 15.7. The third kappa shape index (κ3) is 1.74. The first-order valence-corrected chi connectivity index (χ1v) is 6.63. The quantitative estimate of drug-likeness (QED) is 0.576. The molecule has 1 aliphatic carbocycles. The molecule has 0 saturated heterocycles. The first kappa shape index (κ1) is 11.5. The Morgan fingerprint density at radius 3 is 2.27 bits per heavy atom. The van der Waals surface area contributed by atoms with Crippen molar-refractivity contribution >= 4 is 66.0 Å². The van der Waals surface area contributed by atoms with E-state index < -0.39 is 0 Å². The van der Waals surface area contributed by atoms with Gasteiger partial charge in [0, 0.05) is 14.7 Å². The van der Waals surface area contributed by atoms with Gasteiger partial charge < -0.3 is 0 Å². The zero-order chi connectivity index (χ0) is 11.2. The van der Waals surface area contributed by atoms with Gasteiger partial charge in [0.1, 0.15) is 0 Å². The van der Waals surface area contributed by atoms with Gasteiger partial charge in [0.05, 0.1) is 8.96 Å². The lowest BCUT2D eigenvalue weighted by Crippen LogP contribution is -2.18. The Morgan fingerprint density at radius 1 is 1.00 bits per heavy atom. The third-order valence-corrected chi connectivity index (χ3v) is 5.02. The Bertz CT molecular complexity index is 520. The zero-order valence-electron chi connectivity index (χ0n) is 7.18. The second kappa shape index (κ2) is 4.10. The maximum Gasteiger partial charge on any atom is 0.203 e. The molecular weight excluding hydrogens is 439 g/mol. The summed E-state index contributed by atoms with van der Waals surface area (Å²) < 4.78 is 1.38. The molecule has 76 valence electrons. The van der Waals surface area contributed by atoms with Gasteiger partial charge in [-0.05, 0) is 60.5 Å². The predicted octanol–water partition coefficient (Wildman–Crippen LogP) is 3.67. The van der Waals surface area contributed by atoms with Gasteiger partial charge in [-0.3, -0.25) is 9.59 Å². The van der Waals surface area contributed by atoms with Gasteiger partial charge in [-0.2, -0.15) is 0 Å². The maximum absolute atomic E-state index is 11.9. The molecule has 0 unspecified atom stereocenters. The average Bonchev–Trinajstić information content (AvgIpc) is 2.23. The van der Waals surface area contributed by atoms with Crippen molar-refractivity contribution < 1.29 is 9.59 Å². The number of benzene rings is 1. The smallest absolute Gasteiger partial charge is 0.203 e. The largest absolute Gasteiger partial charge is 0.288 e. The number of fused-ring (bicyclic) bond motifs is 1. The second-order valence-corrected chi connectivity index (χ2v) is 5.70. The van der Waals surface area contributed by atoms with Crippen LogP contribution < -0.4 is 0 Å². The molecule has 0 fully saturated rings. The van der Waals surface area contributed by atoms with Crippen LogP contribution in [-0.4, -0.2) is 11.6 Å². The Hall–Kier alpha value is -0.0100. The Labute approximate surface area is 117 Å². The third-order valence-electron chi connectivity index (χ3n) is 2.08. The number of ketones is 2. The van der Waals surface area contributed by atoms with Crippen molar-refractivity contribution in [2.45, 2.75) is 0 Å². The topological polar surface area (TPSA) is 34.1 Å². The molecule has 2 nitrogen and oxygen atoms in total. The first-order valence-electron chi connectivity index (χ1n) is 3.97. The summed E-state index contributed by atoms with van der Waals surface area (Å²) in [5.74, 6) is -0.309. The van der Waals surface area contributed by atoms with E-state index in [0.717, 1.165) is 3.57 Å². The van der Waals surface area contributed by atoms with Crippen molar-refractivity contribution in [3.05, 3.63) is 41.9 Å². The number of halogens is 3. The number of carbonyl (C=O) groups excluding carboxylic acids is 2. The van der Waals surface area contributed by atoms with Crippen LogP contribution in [0.25, 0.3) is 0 Å². The fraction of sp³-hybridized carbons (Fsp3) is 0. The SMILES string of the molecule is O=C1C(Br)=C(Br)C(=O)c2c(I)cccc21. The highest BCUT2D eigenvalue weighted by molar-refractivity contribution is 14.1. The van der Waals surface area contributed by atoms with Crippen LogP contribution in [0.3, 0.4) is 0 Å². The van der Waals surface area contributed by atoms with Crippen LogP contribution in [0, 0.1) is 3.57 Å². The number of rotatable bonds is 0. The Balaban J connectivity index is 2.79. The molecular formula is C10H3Br2IO2. The minimum Gasteiger partial charge on any atom is -0.288 e. The Kier molecular flexibility index (Phi) is 3.14. The molecule has 0 amide bonds. The van der Waals surface area contributed by atoms with Crippen LogP contribution in [0.2, 0.25) is 0 Å². The van der Waals surface area contributed by atoms with Crippen LogP contribution in [0.15, 0.2) is 27.2 Å². The summed E-state index contributed by atoms with van der Waals surface area (Å²) >= 11 is 8.29. The van der Waals surface area contributed by atoms with Crippen molar-refractivity contribution in [2.24, 2.45) is 0 Å². The number of Topliss-reactive ketones (excluding diaryl/α,β-unsaturated/α-hetero) is 2. The van der Waals surface area contributed by atoms with Crippen LogP contribution in [0.4, 0.5) is 0 Å². The standard InChI is InChI=1S/C10H3Br2IO2/c11-7-8(12)10(15)6-4(9(7)14)2-1-3-5(6)13/h1-3H. The molecule has 0 radical (unpaired) electrons. The number of hydrogen-bond donors (Lipinski definition) is 0. The summed E-state index contributed by atoms with van der Waals surface area (Å²) in [6, 6.07) is 5.24. The van der Waals surface area contributed by atoms with E-state index in [9.17, 15) is 9.59 Å². The molecule has 0 aromatic heterocycles. The van der Waals surface area contributed by atoms with Crippen molar-refractivity contribution in [2.75, 3.05) is 0 Å². The minimum absolute atomic E-state index is 0.151. The highest BCUT2D eigenvalue weighted by Crippen LogP contribution is 2.34. The van der Waals surface area contributed by atoms with Gasteiger partial charge in [-0.1, -0.05) is 12.1 Å². The van der Waals surface area contributed by atoms with Gasteiger partial charge in [-0.15, -0.1) is 0 Å². The molecule has 0 saturated carbocycles. The zero-order valence-corrected chi connectivity index (χ0v) is 12.5. The fourth-order valence-corrected chi connectivity index (χ4v) is 2.89. The minimum atomic E-state index is -0.157. The van der Waals surface area contributed by atoms with Gasteiger partial charge >= 0.3 is 0 Å². The second-order valence-electron chi connectivity index (χ2n) is 2.95. The predicted molar refractivity (Wildman–Crippen MR) is 72.7 cm³/mol. The molecule has 0 spiro atoms. The van der Waals surface area contributed by atoms with Crippen molar-refractivity contribution in [3.63, 3.8) is 0 Å². The van der Waals surface area contributed by atoms with Crippen molar-refractivity contribution in [3.8, 4) is 0 Å². The van der Waals surface area contributed by atoms with E-state index in [4.69, 9.17) is 0 Å². The molecule has 2 rings (SSSR count). The van der Waals surface area contributed by atoms with E-state index in [1.807, 2.05) is 6.07 Å². The van der Waals surface area contributed by atoms with Gasteiger partial charge in [0.2, 0.25) is 11.6 Å². The molecule has 0 bridgehead atoms. The summed E-state index contributed by atoms with van der Waals surface area (Å²) in [5, 5.41) is 0. The lowest BCUT2D eigenvalue weighted by atomic mass is 9.95. The average molecular weight is 442 g/mol. The van der Waals surface area contributed by atoms with E-state index in [1.165, 1.54) is 0 Å². The maximum atomic E-state index is 11.9. The van der Waals surface area contributed by atoms with Crippen LogP contribution >= 0.6 is 54.5 Å². The van der Waals surface area contributed by atoms with E-state index in [1.54, 1.807) is 12.1 Å². The summed E-state index contributed by atoms with van der Waals surface area (Å²) in [6.45, 7) is 0. The molecule has 1 aliphatic rings. The van der Waals surface area contributed by atoms with Crippen LogP contribution in [-0.2, 0) is 0 Å². The molecule has 0 N–H and O–H groups in total.